The van der Waals surface area contributed by atoms with Crippen molar-refractivity contribution in [3.63, 3.8) is 0 Å². The van der Waals surface area contributed by atoms with Crippen LogP contribution in [0.5, 0.6) is 0 Å². The van der Waals surface area contributed by atoms with Crippen molar-refractivity contribution < 1.29 is 27.4 Å². The first-order valence-corrected chi connectivity index (χ1v) is 7.69. The Labute approximate surface area is 144 Å². The number of hydrogen-bond donors (Lipinski definition) is 1. The second-order valence-corrected chi connectivity index (χ2v) is 6.78. The third-order valence-electron chi connectivity index (χ3n) is 2.74. The van der Waals surface area contributed by atoms with Gasteiger partial charge in [0.2, 0.25) is 0 Å². The largest absolute Gasteiger partial charge is 0.444 e. The lowest BCUT2D eigenvalue weighted by Crippen LogP contribution is -2.39. The third-order valence-corrected chi connectivity index (χ3v) is 3.05. The zero-order valence-corrected chi connectivity index (χ0v) is 14.7. The maximum atomic E-state index is 12.6. The smallest absolute Gasteiger partial charge is 0.417 e. The molecule has 1 atom stereocenters. The number of alkyl carbamates (subject to hydrolysis) is 1. The Hall–Kier alpha value is -1.47. The Balaban J connectivity index is 2.45. The van der Waals surface area contributed by atoms with E-state index in [1.54, 1.807) is 27.7 Å². The second-order valence-electron chi connectivity index (χ2n) is 6.37. The molecular formula is C16H21ClF3NO3. The predicted octanol–water partition coefficient (Wildman–Crippen LogP) is 4.79. The summed E-state index contributed by atoms with van der Waals surface area (Å²) in [4.78, 5) is 11.6. The molecule has 0 saturated carbocycles. The van der Waals surface area contributed by atoms with Crippen LogP contribution >= 0.6 is 11.6 Å². The van der Waals surface area contributed by atoms with Gasteiger partial charge in [0.25, 0.3) is 0 Å². The molecule has 0 bridgehead atoms. The van der Waals surface area contributed by atoms with Crippen molar-refractivity contribution in [1.82, 2.24) is 5.32 Å². The lowest BCUT2D eigenvalue weighted by Gasteiger charge is -2.22. The Morgan fingerprint density at radius 1 is 1.29 bits per heavy atom. The first-order valence-electron chi connectivity index (χ1n) is 7.31. The van der Waals surface area contributed by atoms with Crippen molar-refractivity contribution in [2.45, 2.75) is 52.1 Å². The Kier molecular flexibility index (Phi) is 6.92. The molecule has 1 N–H and O–H groups in total. The molecule has 136 valence electrons. The summed E-state index contributed by atoms with van der Waals surface area (Å²) < 4.78 is 48.3. The summed E-state index contributed by atoms with van der Waals surface area (Å²) >= 11 is 5.64. The van der Waals surface area contributed by atoms with E-state index in [2.05, 4.69) is 5.32 Å². The van der Waals surface area contributed by atoms with E-state index in [4.69, 9.17) is 21.1 Å². The third kappa shape index (κ3) is 7.40. The predicted molar refractivity (Wildman–Crippen MR) is 84.9 cm³/mol. The number of carbonyl (C=O) groups excluding carboxylic acids is 1. The highest BCUT2D eigenvalue weighted by Crippen LogP contribution is 2.34. The molecule has 4 nitrogen and oxygen atoms in total. The van der Waals surface area contributed by atoms with Crippen molar-refractivity contribution in [1.29, 1.82) is 0 Å². The number of rotatable bonds is 5. The number of carbonyl (C=O) groups is 1. The van der Waals surface area contributed by atoms with Gasteiger partial charge in [-0.25, -0.2) is 4.79 Å². The van der Waals surface area contributed by atoms with Crippen molar-refractivity contribution in [3.8, 4) is 0 Å². The lowest BCUT2D eigenvalue weighted by atomic mass is 10.1. The molecule has 0 aliphatic carbocycles. The summed E-state index contributed by atoms with van der Waals surface area (Å²) in [6, 6.07) is 3.13. The number of halogens is 4. The molecule has 1 rings (SSSR count). The van der Waals surface area contributed by atoms with Crippen molar-refractivity contribution in [2.24, 2.45) is 0 Å². The first kappa shape index (κ1) is 20.6. The average molecular weight is 368 g/mol. The maximum absolute atomic E-state index is 12.6. The fourth-order valence-corrected chi connectivity index (χ4v) is 2.09. The van der Waals surface area contributed by atoms with Gasteiger partial charge in [0, 0.05) is 0 Å². The number of alkyl halides is 3. The molecule has 1 aromatic rings. The quantitative estimate of drug-likeness (QED) is 0.814. The second kappa shape index (κ2) is 8.07. The van der Waals surface area contributed by atoms with Crippen LogP contribution in [-0.4, -0.2) is 24.3 Å². The van der Waals surface area contributed by atoms with Crippen molar-refractivity contribution in [3.05, 3.63) is 34.3 Å². The van der Waals surface area contributed by atoms with Crippen LogP contribution in [0.1, 0.15) is 38.8 Å². The molecule has 24 heavy (non-hydrogen) atoms. The van der Waals surface area contributed by atoms with E-state index in [-0.39, 0.29) is 24.3 Å². The number of nitrogens with one attached hydrogen (secondary N) is 1. The van der Waals surface area contributed by atoms with Crippen LogP contribution in [0, 0.1) is 0 Å². The van der Waals surface area contributed by atoms with Gasteiger partial charge in [-0.2, -0.15) is 13.2 Å². The van der Waals surface area contributed by atoms with Gasteiger partial charge < -0.3 is 14.8 Å². The van der Waals surface area contributed by atoms with Gasteiger partial charge in [0.05, 0.1) is 29.8 Å². The van der Waals surface area contributed by atoms with E-state index in [0.29, 0.717) is 5.56 Å². The van der Waals surface area contributed by atoms with Crippen LogP contribution in [0.25, 0.3) is 0 Å². The van der Waals surface area contributed by atoms with Crippen LogP contribution in [0.4, 0.5) is 18.0 Å². The molecule has 1 aromatic carbocycles. The van der Waals surface area contributed by atoms with Crippen LogP contribution in [0.3, 0.4) is 0 Å². The normalized spacial score (nSPS) is 13.5. The Morgan fingerprint density at radius 2 is 1.92 bits per heavy atom. The Morgan fingerprint density at radius 3 is 2.42 bits per heavy atom. The minimum atomic E-state index is -4.48. The van der Waals surface area contributed by atoms with E-state index in [1.165, 1.54) is 12.1 Å². The van der Waals surface area contributed by atoms with Gasteiger partial charge in [-0.1, -0.05) is 17.7 Å². The van der Waals surface area contributed by atoms with Crippen LogP contribution in [-0.2, 0) is 22.3 Å². The molecule has 0 fully saturated rings. The lowest BCUT2D eigenvalue weighted by molar-refractivity contribution is -0.137. The van der Waals surface area contributed by atoms with E-state index in [1.807, 2.05) is 0 Å². The molecule has 0 unspecified atom stereocenters. The van der Waals surface area contributed by atoms with E-state index in [0.717, 1.165) is 6.07 Å². The molecule has 0 heterocycles. The molecule has 0 aliphatic rings. The van der Waals surface area contributed by atoms with Crippen molar-refractivity contribution in [2.75, 3.05) is 6.61 Å². The SMILES string of the molecule is C[C@H](COCc1ccc(C(F)(F)F)c(Cl)c1)NC(=O)OC(C)(C)C. The molecule has 0 aliphatic heterocycles. The molecular weight excluding hydrogens is 347 g/mol. The molecule has 8 heteroatoms. The van der Waals surface area contributed by atoms with Gasteiger partial charge in [-0.05, 0) is 45.4 Å². The molecule has 0 aromatic heterocycles. The number of ether oxygens (including phenoxy) is 2. The van der Waals surface area contributed by atoms with Crippen LogP contribution in [0.15, 0.2) is 18.2 Å². The van der Waals surface area contributed by atoms with E-state index in [9.17, 15) is 18.0 Å². The van der Waals surface area contributed by atoms with Crippen LogP contribution in [0.2, 0.25) is 5.02 Å². The average Bonchev–Trinajstić information content (AvgIpc) is 2.34. The fourth-order valence-electron chi connectivity index (χ4n) is 1.78. The molecule has 0 spiro atoms. The monoisotopic (exact) mass is 367 g/mol. The number of benzene rings is 1. The molecule has 1 amide bonds. The highest BCUT2D eigenvalue weighted by molar-refractivity contribution is 6.31. The van der Waals surface area contributed by atoms with Gasteiger partial charge in [-0.3, -0.25) is 0 Å². The van der Waals surface area contributed by atoms with E-state index < -0.39 is 23.4 Å². The van der Waals surface area contributed by atoms with Gasteiger partial charge in [0.1, 0.15) is 5.60 Å². The topological polar surface area (TPSA) is 47.6 Å². The summed E-state index contributed by atoms with van der Waals surface area (Å²) in [6.45, 7) is 7.24. The fraction of sp³-hybridized carbons (Fsp3) is 0.562. The van der Waals surface area contributed by atoms with Gasteiger partial charge in [-0.15, -0.1) is 0 Å². The zero-order chi connectivity index (χ0) is 18.5. The van der Waals surface area contributed by atoms with Crippen molar-refractivity contribution >= 4 is 17.7 Å². The maximum Gasteiger partial charge on any atom is 0.417 e. The molecule has 0 radical (unpaired) electrons. The highest BCUT2D eigenvalue weighted by Gasteiger charge is 2.32. The molecule has 0 saturated heterocycles. The first-order chi connectivity index (χ1) is 10.9. The minimum Gasteiger partial charge on any atom is -0.444 e. The van der Waals surface area contributed by atoms with Crippen LogP contribution < -0.4 is 5.32 Å². The zero-order valence-electron chi connectivity index (χ0n) is 14.0. The van der Waals surface area contributed by atoms with Gasteiger partial charge in [0.15, 0.2) is 0 Å². The highest BCUT2D eigenvalue weighted by atomic mass is 35.5. The summed E-state index contributed by atoms with van der Waals surface area (Å²) in [6.07, 6.45) is -5.04. The summed E-state index contributed by atoms with van der Waals surface area (Å²) in [7, 11) is 0. The van der Waals surface area contributed by atoms with E-state index >= 15 is 0 Å². The Bertz CT molecular complexity index is 571. The minimum absolute atomic E-state index is 0.0815. The number of hydrogen-bond acceptors (Lipinski definition) is 3. The summed E-state index contributed by atoms with van der Waals surface area (Å²) in [5.74, 6) is 0. The standard InChI is InChI=1S/C16H21ClF3NO3/c1-10(21-14(22)24-15(2,3)4)8-23-9-11-5-6-12(13(17)7-11)16(18,19)20/h5-7,10H,8-9H2,1-4H3,(H,21,22)/t10-/m1/s1. The summed E-state index contributed by atoms with van der Waals surface area (Å²) in [5.41, 5.74) is -0.966. The number of amides is 1. The van der Waals surface area contributed by atoms with Gasteiger partial charge >= 0.3 is 12.3 Å². The summed E-state index contributed by atoms with van der Waals surface area (Å²) in [5, 5.41) is 2.23.